The molecule has 4 atom stereocenters. The lowest BCUT2D eigenvalue weighted by Gasteiger charge is -2.40. The van der Waals surface area contributed by atoms with Crippen LogP contribution in [0.3, 0.4) is 0 Å². The van der Waals surface area contributed by atoms with E-state index in [1.54, 1.807) is 13.8 Å². The van der Waals surface area contributed by atoms with E-state index in [1.165, 1.54) is 10.9 Å². The highest BCUT2D eigenvalue weighted by atomic mass is 28.4. The molecule has 1 aliphatic rings. The number of nitrogens with one attached hydrogen (secondary N) is 2. The predicted molar refractivity (Wildman–Crippen MR) is 131 cm³/mol. The van der Waals surface area contributed by atoms with Crippen LogP contribution in [0.1, 0.15) is 54.2 Å². The van der Waals surface area contributed by atoms with Gasteiger partial charge >= 0.3 is 6.16 Å². The van der Waals surface area contributed by atoms with E-state index in [0.717, 1.165) is 0 Å². The van der Waals surface area contributed by atoms with Gasteiger partial charge in [0.05, 0.1) is 12.4 Å². The Labute approximate surface area is 204 Å². The van der Waals surface area contributed by atoms with E-state index in [2.05, 4.69) is 54.1 Å². The number of hydrogen-bond acceptors (Lipinski definition) is 8. The highest BCUT2D eigenvalue weighted by molar-refractivity contribution is 6.74. The van der Waals surface area contributed by atoms with Crippen LogP contribution in [0.15, 0.2) is 11.1 Å². The first-order chi connectivity index (χ1) is 16.2. The molecular formula is C22H35N5O7Si. The number of hydrogen-bond donors (Lipinski definition) is 3. The average Bonchev–Trinajstić information content (AvgIpc) is 3.28. The minimum atomic E-state index is -2.33. The highest BCUT2D eigenvalue weighted by Crippen LogP contribution is 2.43. The van der Waals surface area contributed by atoms with Crippen molar-refractivity contribution in [2.45, 2.75) is 90.6 Å². The van der Waals surface area contributed by atoms with Gasteiger partial charge in [0.25, 0.3) is 5.56 Å². The number of carbonyl (C=O) groups is 2. The van der Waals surface area contributed by atoms with Crippen molar-refractivity contribution < 1.29 is 28.6 Å². The fourth-order valence-electron chi connectivity index (χ4n) is 3.59. The summed E-state index contributed by atoms with van der Waals surface area (Å²) in [7, 11) is -2.33. The van der Waals surface area contributed by atoms with Crippen molar-refractivity contribution in [2.24, 2.45) is 5.92 Å². The van der Waals surface area contributed by atoms with Crippen molar-refractivity contribution >= 4 is 37.5 Å². The number of fused-ring (bicyclic) bond motifs is 1. The molecule has 13 heteroatoms. The summed E-state index contributed by atoms with van der Waals surface area (Å²) in [6.07, 6.45) is -2.70. The number of amides is 1. The van der Waals surface area contributed by atoms with Gasteiger partial charge in [0.2, 0.25) is 11.9 Å². The summed E-state index contributed by atoms with van der Waals surface area (Å²) in [5, 5.41) is 12.0. The summed E-state index contributed by atoms with van der Waals surface area (Å²) in [5.74, 6) is -0.694. The van der Waals surface area contributed by atoms with Crippen LogP contribution in [0.25, 0.3) is 11.2 Å². The summed E-state index contributed by atoms with van der Waals surface area (Å²) in [6, 6.07) is 0. The smallest absolute Gasteiger partial charge is 0.450 e. The van der Waals surface area contributed by atoms with E-state index in [9.17, 15) is 19.5 Å². The van der Waals surface area contributed by atoms with E-state index in [4.69, 9.17) is 13.9 Å². The second-order valence-corrected chi connectivity index (χ2v) is 15.3. The summed E-state index contributed by atoms with van der Waals surface area (Å²) in [4.78, 5) is 47.4. The maximum absolute atomic E-state index is 12.6. The maximum atomic E-state index is 12.6. The van der Waals surface area contributed by atoms with Crippen LogP contribution in [0, 0.1) is 5.92 Å². The van der Waals surface area contributed by atoms with Crippen LogP contribution in [-0.4, -0.2) is 63.3 Å². The van der Waals surface area contributed by atoms with Gasteiger partial charge in [-0.25, -0.2) is 9.78 Å². The molecule has 2 aromatic rings. The standard InChI is InChI=1S/C22H35N5O7Si/c1-9-12-14(34-35(7,8)22(4,5)6)15(33-21(30)31)19(32-12)27-10-23-13-16(27)24-20(26-18(13)29)25-17(28)11(2)3/h10-12,14-15,19H,9H2,1-8H3,(H,30,31)(H2,24,25,26,28,29)/t12-,14+,15?,19-/m1/s1. The molecule has 35 heavy (non-hydrogen) atoms. The summed E-state index contributed by atoms with van der Waals surface area (Å²) < 4.78 is 19.6. The monoisotopic (exact) mass is 509 g/mol. The van der Waals surface area contributed by atoms with Crippen molar-refractivity contribution in [2.75, 3.05) is 5.32 Å². The number of carboxylic acid groups (broad SMARTS) is 1. The number of H-pyrrole nitrogens is 1. The van der Waals surface area contributed by atoms with Gasteiger partial charge in [-0.3, -0.25) is 24.5 Å². The lowest BCUT2D eigenvalue weighted by molar-refractivity contribution is -0.118. The van der Waals surface area contributed by atoms with Crippen molar-refractivity contribution in [3.8, 4) is 0 Å². The van der Waals surface area contributed by atoms with Crippen LogP contribution in [0.2, 0.25) is 18.1 Å². The summed E-state index contributed by atoms with van der Waals surface area (Å²) >= 11 is 0. The quantitative estimate of drug-likeness (QED) is 0.375. The van der Waals surface area contributed by atoms with Gasteiger partial charge in [-0.15, -0.1) is 0 Å². The van der Waals surface area contributed by atoms with Gasteiger partial charge in [0.15, 0.2) is 31.8 Å². The molecule has 0 spiro atoms. The Bertz CT molecular complexity index is 1150. The van der Waals surface area contributed by atoms with Crippen LogP contribution < -0.4 is 10.9 Å². The molecular weight excluding hydrogens is 474 g/mol. The predicted octanol–water partition coefficient (Wildman–Crippen LogP) is 3.48. The van der Waals surface area contributed by atoms with Crippen molar-refractivity contribution in [3.05, 3.63) is 16.7 Å². The molecule has 0 bridgehead atoms. The molecule has 0 aromatic carbocycles. The second kappa shape index (κ2) is 9.70. The third kappa shape index (κ3) is 5.41. The average molecular weight is 510 g/mol. The minimum absolute atomic E-state index is 0.0204. The van der Waals surface area contributed by atoms with Gasteiger partial charge in [-0.2, -0.15) is 4.98 Å². The molecule has 1 fully saturated rings. The number of rotatable bonds is 7. The molecule has 12 nitrogen and oxygen atoms in total. The van der Waals surface area contributed by atoms with Crippen LogP contribution >= 0.6 is 0 Å². The van der Waals surface area contributed by atoms with E-state index < -0.39 is 44.6 Å². The Morgan fingerprint density at radius 1 is 1.31 bits per heavy atom. The molecule has 0 aliphatic carbocycles. The first-order valence-corrected chi connectivity index (χ1v) is 14.6. The van der Waals surface area contributed by atoms with E-state index in [1.807, 2.05) is 6.92 Å². The lowest BCUT2D eigenvalue weighted by Crippen LogP contribution is -2.49. The molecule has 3 heterocycles. The summed E-state index contributed by atoms with van der Waals surface area (Å²) in [5.41, 5.74) is -0.408. The number of anilines is 1. The van der Waals surface area contributed by atoms with Crippen LogP contribution in [0.4, 0.5) is 10.7 Å². The Balaban J connectivity index is 2.07. The van der Waals surface area contributed by atoms with Gasteiger partial charge in [0, 0.05) is 5.92 Å². The molecule has 3 N–H and O–H groups in total. The normalized spacial score (nSPS) is 23.1. The third-order valence-corrected chi connectivity index (χ3v) is 11.1. The van der Waals surface area contributed by atoms with Gasteiger partial charge < -0.3 is 19.0 Å². The van der Waals surface area contributed by atoms with Crippen molar-refractivity contribution in [3.63, 3.8) is 0 Å². The fraction of sp³-hybridized carbons (Fsp3) is 0.682. The zero-order valence-corrected chi connectivity index (χ0v) is 22.4. The first kappa shape index (κ1) is 26.8. The fourth-order valence-corrected chi connectivity index (χ4v) is 4.91. The number of ether oxygens (including phenoxy) is 2. The molecule has 0 radical (unpaired) electrons. The first-order valence-electron chi connectivity index (χ1n) is 11.7. The molecule has 2 aromatic heterocycles. The molecule has 194 valence electrons. The maximum Gasteiger partial charge on any atom is 0.506 e. The van der Waals surface area contributed by atoms with Crippen molar-refractivity contribution in [1.82, 2.24) is 19.5 Å². The third-order valence-electron chi connectivity index (χ3n) is 6.63. The van der Waals surface area contributed by atoms with E-state index in [-0.39, 0.29) is 34.0 Å². The molecule has 1 aliphatic heterocycles. The highest BCUT2D eigenvalue weighted by Gasteiger charge is 2.52. The Kier molecular flexibility index (Phi) is 7.44. The molecule has 1 saturated heterocycles. The Morgan fingerprint density at radius 3 is 2.51 bits per heavy atom. The van der Waals surface area contributed by atoms with Crippen LogP contribution in [-0.2, 0) is 18.7 Å². The van der Waals surface area contributed by atoms with Gasteiger partial charge in [-0.05, 0) is 24.6 Å². The largest absolute Gasteiger partial charge is 0.506 e. The molecule has 0 saturated carbocycles. The van der Waals surface area contributed by atoms with Gasteiger partial charge in [0.1, 0.15) is 6.10 Å². The van der Waals surface area contributed by atoms with E-state index in [0.29, 0.717) is 6.42 Å². The molecule has 1 amide bonds. The minimum Gasteiger partial charge on any atom is -0.450 e. The van der Waals surface area contributed by atoms with E-state index >= 15 is 0 Å². The topological polar surface area (TPSA) is 158 Å². The second-order valence-electron chi connectivity index (χ2n) is 10.5. The SMILES string of the molecule is CC[C@H]1O[C@@H](n2cnc3c(=O)[nH]c(NC(=O)C(C)C)nc32)C(OC(=O)O)[C@H]1O[Si](C)(C)C(C)(C)C. The Hall–Kier alpha value is -2.77. The summed E-state index contributed by atoms with van der Waals surface area (Å²) in [6.45, 7) is 15.8. The number of nitrogens with zero attached hydrogens (tertiary/aromatic N) is 3. The van der Waals surface area contributed by atoms with Crippen molar-refractivity contribution in [1.29, 1.82) is 0 Å². The number of imidazole rings is 1. The Morgan fingerprint density at radius 2 is 1.97 bits per heavy atom. The zero-order valence-electron chi connectivity index (χ0n) is 21.4. The number of carbonyl (C=O) groups excluding carboxylic acids is 1. The zero-order chi connectivity index (χ0) is 26.3. The molecule has 1 unspecified atom stereocenters. The number of aromatic amines is 1. The lowest BCUT2D eigenvalue weighted by atomic mass is 10.1. The van der Waals surface area contributed by atoms with Crippen LogP contribution in [0.5, 0.6) is 0 Å². The van der Waals surface area contributed by atoms with Gasteiger partial charge in [-0.1, -0.05) is 41.5 Å². The number of aromatic nitrogens is 4. The molecule has 3 rings (SSSR count).